The first-order valence-electron chi connectivity index (χ1n) is 10.4. The van der Waals surface area contributed by atoms with E-state index in [0.717, 1.165) is 63.4 Å². The molecule has 0 atom stereocenters. The highest BCUT2D eigenvalue weighted by Gasteiger charge is 2.22. The number of nitrogens with one attached hydrogen (secondary N) is 1. The summed E-state index contributed by atoms with van der Waals surface area (Å²) < 4.78 is 28.8. The van der Waals surface area contributed by atoms with Gasteiger partial charge in [-0.2, -0.15) is 8.78 Å². The average molecular weight is 426 g/mol. The SMILES string of the molecule is CN=C(NCCCCN1CCC(C(N)=O)CC1)N(C)Cc1ccc(OC(F)F)cc1. The zero-order chi connectivity index (χ0) is 21.9. The molecular weight excluding hydrogens is 392 g/mol. The van der Waals surface area contributed by atoms with Crippen LogP contribution < -0.4 is 15.8 Å². The van der Waals surface area contributed by atoms with Crippen molar-refractivity contribution in [1.82, 2.24) is 15.1 Å². The smallest absolute Gasteiger partial charge is 0.387 e. The fourth-order valence-electron chi connectivity index (χ4n) is 3.61. The van der Waals surface area contributed by atoms with Gasteiger partial charge in [-0.05, 0) is 63.0 Å². The summed E-state index contributed by atoms with van der Waals surface area (Å²) in [4.78, 5) is 19.9. The van der Waals surface area contributed by atoms with Gasteiger partial charge in [0, 0.05) is 33.1 Å². The van der Waals surface area contributed by atoms with E-state index in [9.17, 15) is 13.6 Å². The minimum atomic E-state index is -2.82. The molecule has 0 aromatic heterocycles. The molecule has 168 valence electrons. The third-order valence-corrected chi connectivity index (χ3v) is 5.32. The summed E-state index contributed by atoms with van der Waals surface area (Å²) in [5.74, 6) is 0.796. The van der Waals surface area contributed by atoms with Gasteiger partial charge in [0.05, 0.1) is 0 Å². The van der Waals surface area contributed by atoms with Crippen LogP contribution in [0, 0.1) is 5.92 Å². The molecule has 1 fully saturated rings. The lowest BCUT2D eigenvalue weighted by Crippen LogP contribution is -2.40. The number of nitrogens with two attached hydrogens (primary N) is 1. The van der Waals surface area contributed by atoms with Crippen molar-refractivity contribution in [3.63, 3.8) is 0 Å². The van der Waals surface area contributed by atoms with Gasteiger partial charge in [-0.15, -0.1) is 0 Å². The summed E-state index contributed by atoms with van der Waals surface area (Å²) in [7, 11) is 3.67. The van der Waals surface area contributed by atoms with Crippen LogP contribution in [0.4, 0.5) is 8.78 Å². The van der Waals surface area contributed by atoms with Crippen molar-refractivity contribution in [1.29, 1.82) is 0 Å². The predicted octanol–water partition coefficient (Wildman–Crippen LogP) is 2.27. The number of nitrogens with zero attached hydrogens (tertiary/aromatic N) is 3. The van der Waals surface area contributed by atoms with Crippen molar-refractivity contribution in [2.24, 2.45) is 16.6 Å². The molecule has 0 radical (unpaired) electrons. The number of amides is 1. The fourth-order valence-corrected chi connectivity index (χ4v) is 3.61. The van der Waals surface area contributed by atoms with Crippen LogP contribution in [0.1, 0.15) is 31.2 Å². The van der Waals surface area contributed by atoms with Crippen LogP contribution in [0.5, 0.6) is 5.75 Å². The third-order valence-electron chi connectivity index (χ3n) is 5.32. The van der Waals surface area contributed by atoms with E-state index in [-0.39, 0.29) is 17.6 Å². The lowest BCUT2D eigenvalue weighted by molar-refractivity contribution is -0.123. The number of ether oxygens (including phenoxy) is 1. The maximum atomic E-state index is 12.2. The Hall–Kier alpha value is -2.42. The van der Waals surface area contributed by atoms with Crippen molar-refractivity contribution in [3.8, 4) is 5.75 Å². The summed E-state index contributed by atoms with van der Waals surface area (Å²) in [5, 5.41) is 3.36. The quantitative estimate of drug-likeness (QED) is 0.341. The summed E-state index contributed by atoms with van der Waals surface area (Å²) in [5.41, 5.74) is 6.35. The lowest BCUT2D eigenvalue weighted by atomic mass is 9.96. The highest BCUT2D eigenvalue weighted by atomic mass is 19.3. The number of guanidine groups is 1. The Morgan fingerprint density at radius 3 is 2.53 bits per heavy atom. The van der Waals surface area contributed by atoms with Gasteiger partial charge in [0.15, 0.2) is 5.96 Å². The molecule has 2 rings (SSSR count). The van der Waals surface area contributed by atoms with Crippen LogP contribution in [-0.4, -0.2) is 68.6 Å². The second-order valence-corrected chi connectivity index (χ2v) is 7.58. The largest absolute Gasteiger partial charge is 0.435 e. The zero-order valence-electron chi connectivity index (χ0n) is 17.8. The number of unbranched alkanes of at least 4 members (excludes halogenated alkanes) is 1. The highest BCUT2D eigenvalue weighted by Crippen LogP contribution is 2.17. The van der Waals surface area contributed by atoms with E-state index in [4.69, 9.17) is 5.73 Å². The van der Waals surface area contributed by atoms with Crippen LogP contribution >= 0.6 is 0 Å². The first-order chi connectivity index (χ1) is 14.4. The van der Waals surface area contributed by atoms with E-state index in [1.807, 2.05) is 11.9 Å². The molecule has 0 saturated carbocycles. The van der Waals surface area contributed by atoms with E-state index >= 15 is 0 Å². The summed E-state index contributed by atoms with van der Waals surface area (Å²) in [6.45, 7) is 1.50. The fraction of sp³-hybridized carbons (Fsp3) is 0.619. The number of halogens is 2. The second-order valence-electron chi connectivity index (χ2n) is 7.58. The van der Waals surface area contributed by atoms with Gasteiger partial charge in [-0.3, -0.25) is 9.79 Å². The van der Waals surface area contributed by atoms with Crippen LogP contribution in [0.25, 0.3) is 0 Å². The molecule has 0 spiro atoms. The van der Waals surface area contributed by atoms with Crippen molar-refractivity contribution < 1.29 is 18.3 Å². The lowest BCUT2D eigenvalue weighted by Gasteiger charge is -2.30. The van der Waals surface area contributed by atoms with Gasteiger partial charge in [-0.25, -0.2) is 0 Å². The Morgan fingerprint density at radius 1 is 1.30 bits per heavy atom. The molecule has 1 aliphatic rings. The number of piperidine rings is 1. The van der Waals surface area contributed by atoms with E-state index in [0.29, 0.717) is 6.54 Å². The molecule has 9 heteroatoms. The molecule has 0 bridgehead atoms. The van der Waals surface area contributed by atoms with Crippen molar-refractivity contribution in [3.05, 3.63) is 29.8 Å². The number of alkyl halides is 2. The molecule has 1 saturated heterocycles. The van der Waals surface area contributed by atoms with Crippen LogP contribution in [0.2, 0.25) is 0 Å². The Labute approximate surface area is 177 Å². The standard InChI is InChI=1S/C21H33F2N5O2/c1-25-21(27(2)15-16-5-7-18(8-6-16)30-20(22)23)26-11-3-4-12-28-13-9-17(10-14-28)19(24)29/h5-8,17,20H,3-4,9-15H2,1-2H3,(H2,24,29)(H,25,26). The number of hydrogen-bond donors (Lipinski definition) is 2. The number of hydrogen-bond acceptors (Lipinski definition) is 4. The maximum absolute atomic E-state index is 12.2. The number of aliphatic imine (C=N–C) groups is 1. The number of rotatable bonds is 10. The Balaban J connectivity index is 1.65. The number of benzene rings is 1. The van der Waals surface area contributed by atoms with Gasteiger partial charge >= 0.3 is 6.61 Å². The first kappa shape index (κ1) is 23.9. The third kappa shape index (κ3) is 8.14. The Bertz CT molecular complexity index is 676. The van der Waals surface area contributed by atoms with Gasteiger partial charge in [0.1, 0.15) is 5.75 Å². The number of primary amides is 1. The molecule has 0 aliphatic carbocycles. The Morgan fingerprint density at radius 2 is 1.97 bits per heavy atom. The highest BCUT2D eigenvalue weighted by molar-refractivity contribution is 5.79. The summed E-state index contributed by atoms with van der Waals surface area (Å²) >= 11 is 0. The van der Waals surface area contributed by atoms with Gasteiger partial charge in [0.25, 0.3) is 0 Å². The molecule has 0 unspecified atom stereocenters. The molecule has 30 heavy (non-hydrogen) atoms. The van der Waals surface area contributed by atoms with E-state index in [1.165, 1.54) is 12.1 Å². The zero-order valence-corrected chi connectivity index (χ0v) is 17.8. The molecule has 3 N–H and O–H groups in total. The predicted molar refractivity (Wildman–Crippen MR) is 113 cm³/mol. The van der Waals surface area contributed by atoms with Crippen molar-refractivity contribution in [2.45, 2.75) is 38.8 Å². The minimum Gasteiger partial charge on any atom is -0.435 e. The van der Waals surface area contributed by atoms with Crippen LogP contribution in [0.15, 0.2) is 29.3 Å². The molecule has 1 aromatic carbocycles. The molecule has 1 amide bonds. The number of carbonyl (C=O) groups is 1. The minimum absolute atomic E-state index is 0.0369. The number of carbonyl (C=O) groups excluding carboxylic acids is 1. The summed E-state index contributed by atoms with van der Waals surface area (Å²) in [6, 6.07) is 6.61. The average Bonchev–Trinajstić information content (AvgIpc) is 2.72. The molecular formula is C21H33F2N5O2. The van der Waals surface area contributed by atoms with Crippen LogP contribution in [0.3, 0.4) is 0 Å². The molecule has 1 aliphatic heterocycles. The molecule has 1 aromatic rings. The van der Waals surface area contributed by atoms with Gasteiger partial charge in [-0.1, -0.05) is 12.1 Å². The van der Waals surface area contributed by atoms with Gasteiger partial charge < -0.3 is 25.6 Å². The second kappa shape index (κ2) is 12.3. The van der Waals surface area contributed by atoms with E-state index in [1.54, 1.807) is 19.2 Å². The Kier molecular flexibility index (Phi) is 9.79. The molecule has 7 nitrogen and oxygen atoms in total. The normalized spacial score (nSPS) is 16.0. The van der Waals surface area contributed by atoms with Crippen molar-refractivity contribution >= 4 is 11.9 Å². The maximum Gasteiger partial charge on any atom is 0.387 e. The monoisotopic (exact) mass is 425 g/mol. The number of likely N-dealkylation sites (tertiary alicyclic amines) is 1. The van der Waals surface area contributed by atoms with Crippen molar-refractivity contribution in [2.75, 3.05) is 40.3 Å². The van der Waals surface area contributed by atoms with Crippen LogP contribution in [-0.2, 0) is 11.3 Å². The van der Waals surface area contributed by atoms with E-state index in [2.05, 4.69) is 19.9 Å². The van der Waals surface area contributed by atoms with Gasteiger partial charge in [0.2, 0.25) is 5.91 Å². The summed E-state index contributed by atoms with van der Waals surface area (Å²) in [6.07, 6.45) is 3.81. The molecule has 1 heterocycles. The van der Waals surface area contributed by atoms with E-state index < -0.39 is 6.61 Å². The topological polar surface area (TPSA) is 83.2 Å². The first-order valence-corrected chi connectivity index (χ1v) is 10.4.